The number of rotatable bonds is 3. The summed E-state index contributed by atoms with van der Waals surface area (Å²) in [4.78, 5) is 2.24. The number of nitrogens with zero attached hydrogens (tertiary/aromatic N) is 1. The quantitative estimate of drug-likeness (QED) is 0.891. The van der Waals surface area contributed by atoms with Gasteiger partial charge in [-0.25, -0.2) is 8.78 Å². The van der Waals surface area contributed by atoms with E-state index in [-0.39, 0.29) is 0 Å². The molecule has 0 spiro atoms. The van der Waals surface area contributed by atoms with Crippen molar-refractivity contribution < 1.29 is 8.78 Å². The highest BCUT2D eigenvalue weighted by atomic mass is 19.2. The van der Waals surface area contributed by atoms with Crippen molar-refractivity contribution in [3.05, 3.63) is 35.4 Å². The van der Waals surface area contributed by atoms with Gasteiger partial charge in [0.15, 0.2) is 11.6 Å². The van der Waals surface area contributed by atoms with Crippen molar-refractivity contribution in [1.82, 2.24) is 10.2 Å². The first-order valence-corrected chi connectivity index (χ1v) is 6.52. The third-order valence-electron chi connectivity index (χ3n) is 3.60. The summed E-state index contributed by atoms with van der Waals surface area (Å²) in [5, 5.41) is 3.42. The van der Waals surface area contributed by atoms with E-state index in [0.717, 1.165) is 25.6 Å². The molecule has 1 aromatic rings. The topological polar surface area (TPSA) is 15.3 Å². The summed E-state index contributed by atoms with van der Waals surface area (Å²) in [6, 6.07) is 5.18. The fourth-order valence-electron chi connectivity index (χ4n) is 2.52. The van der Waals surface area contributed by atoms with Crippen LogP contribution in [0.15, 0.2) is 18.2 Å². The van der Waals surface area contributed by atoms with Gasteiger partial charge in [0.25, 0.3) is 0 Å². The molecule has 1 aliphatic rings. The van der Waals surface area contributed by atoms with Crippen LogP contribution in [0, 0.1) is 11.6 Å². The van der Waals surface area contributed by atoms with E-state index in [4.69, 9.17) is 0 Å². The molecule has 0 amide bonds. The van der Waals surface area contributed by atoms with Crippen LogP contribution < -0.4 is 5.32 Å². The molecule has 2 atom stereocenters. The van der Waals surface area contributed by atoms with Crippen LogP contribution in [-0.4, -0.2) is 30.1 Å². The van der Waals surface area contributed by atoms with Gasteiger partial charge in [-0.1, -0.05) is 19.1 Å². The van der Waals surface area contributed by atoms with E-state index in [1.54, 1.807) is 12.1 Å². The van der Waals surface area contributed by atoms with Crippen LogP contribution in [0.3, 0.4) is 0 Å². The first-order chi connectivity index (χ1) is 8.61. The molecule has 2 unspecified atom stereocenters. The Balaban J connectivity index is 2.13. The third kappa shape index (κ3) is 2.87. The predicted octanol–water partition coefficient (Wildman–Crippen LogP) is 2.54. The van der Waals surface area contributed by atoms with E-state index < -0.39 is 11.6 Å². The fraction of sp³-hybridized carbons (Fsp3) is 0.571. The average Bonchev–Trinajstić information content (AvgIpc) is 2.35. The van der Waals surface area contributed by atoms with E-state index in [0.29, 0.717) is 24.2 Å². The van der Waals surface area contributed by atoms with Crippen molar-refractivity contribution in [2.75, 3.05) is 13.1 Å². The molecule has 18 heavy (non-hydrogen) atoms. The Morgan fingerprint density at radius 2 is 2.17 bits per heavy atom. The van der Waals surface area contributed by atoms with Gasteiger partial charge >= 0.3 is 0 Å². The summed E-state index contributed by atoms with van der Waals surface area (Å²) in [6.07, 6.45) is 1.01. The Bertz CT molecular complexity index is 409. The highest BCUT2D eigenvalue weighted by Gasteiger charge is 2.25. The second-order valence-corrected chi connectivity index (χ2v) is 5.01. The van der Waals surface area contributed by atoms with Crippen LogP contribution in [0.2, 0.25) is 0 Å². The van der Waals surface area contributed by atoms with Crippen molar-refractivity contribution in [1.29, 1.82) is 0 Å². The van der Waals surface area contributed by atoms with Gasteiger partial charge in [-0.15, -0.1) is 0 Å². The van der Waals surface area contributed by atoms with Crippen molar-refractivity contribution in [3.8, 4) is 0 Å². The molecule has 4 heteroatoms. The molecule has 1 aliphatic heterocycles. The molecule has 1 aromatic carbocycles. The normalized spacial score (nSPS) is 25.3. The zero-order valence-electron chi connectivity index (χ0n) is 10.9. The van der Waals surface area contributed by atoms with E-state index in [2.05, 4.69) is 24.1 Å². The van der Waals surface area contributed by atoms with Gasteiger partial charge in [0.1, 0.15) is 0 Å². The molecule has 1 N–H and O–H groups in total. The monoisotopic (exact) mass is 254 g/mol. The minimum atomic E-state index is -0.760. The Labute approximate surface area is 107 Å². The second-order valence-electron chi connectivity index (χ2n) is 5.01. The predicted molar refractivity (Wildman–Crippen MR) is 68.3 cm³/mol. The smallest absolute Gasteiger partial charge is 0.163 e. The lowest BCUT2D eigenvalue weighted by atomic mass is 10.1. The summed E-state index contributed by atoms with van der Waals surface area (Å²) in [5.41, 5.74) is 0.447. The van der Waals surface area contributed by atoms with Gasteiger partial charge in [-0.2, -0.15) is 0 Å². The maximum atomic E-state index is 13.7. The molecule has 2 rings (SSSR count). The number of hydrogen-bond donors (Lipinski definition) is 1. The molecule has 100 valence electrons. The maximum Gasteiger partial charge on any atom is 0.163 e. The summed E-state index contributed by atoms with van der Waals surface area (Å²) < 4.78 is 26.9. The maximum absolute atomic E-state index is 13.7. The lowest BCUT2D eigenvalue weighted by Crippen LogP contribution is -2.54. The van der Waals surface area contributed by atoms with Crippen molar-refractivity contribution in [3.63, 3.8) is 0 Å². The molecule has 0 aliphatic carbocycles. The number of piperazine rings is 1. The zero-order chi connectivity index (χ0) is 13.1. The molecule has 0 bridgehead atoms. The van der Waals surface area contributed by atoms with Gasteiger partial charge in [0.05, 0.1) is 0 Å². The summed E-state index contributed by atoms with van der Waals surface area (Å²) in [6.45, 7) is 6.50. The number of benzene rings is 1. The van der Waals surface area contributed by atoms with E-state index in [1.807, 2.05) is 0 Å². The Kier molecular flexibility index (Phi) is 4.30. The number of nitrogens with one attached hydrogen (secondary N) is 1. The molecule has 1 saturated heterocycles. The average molecular weight is 254 g/mol. The van der Waals surface area contributed by atoms with Gasteiger partial charge in [0.2, 0.25) is 0 Å². The number of hydrogen-bond acceptors (Lipinski definition) is 2. The first kappa shape index (κ1) is 13.4. The van der Waals surface area contributed by atoms with Gasteiger partial charge < -0.3 is 5.32 Å². The Morgan fingerprint density at radius 1 is 1.39 bits per heavy atom. The SMILES string of the molecule is CCC1CNC(C)CN1Cc1cccc(F)c1F. The second kappa shape index (κ2) is 5.76. The van der Waals surface area contributed by atoms with Crippen LogP contribution >= 0.6 is 0 Å². The van der Waals surface area contributed by atoms with Crippen LogP contribution in [0.5, 0.6) is 0 Å². The van der Waals surface area contributed by atoms with Gasteiger partial charge in [-0.3, -0.25) is 4.90 Å². The van der Waals surface area contributed by atoms with Crippen molar-refractivity contribution in [2.24, 2.45) is 0 Å². The number of halogens is 2. The van der Waals surface area contributed by atoms with Crippen LogP contribution in [0.25, 0.3) is 0 Å². The largest absolute Gasteiger partial charge is 0.311 e. The first-order valence-electron chi connectivity index (χ1n) is 6.52. The molecule has 0 radical (unpaired) electrons. The minimum Gasteiger partial charge on any atom is -0.311 e. The fourth-order valence-corrected chi connectivity index (χ4v) is 2.52. The molecule has 0 saturated carbocycles. The van der Waals surface area contributed by atoms with Crippen LogP contribution in [-0.2, 0) is 6.54 Å². The lowest BCUT2D eigenvalue weighted by Gasteiger charge is -2.39. The summed E-state index contributed by atoms with van der Waals surface area (Å²) in [5.74, 6) is -1.47. The van der Waals surface area contributed by atoms with Crippen LogP contribution in [0.1, 0.15) is 25.8 Å². The highest BCUT2D eigenvalue weighted by molar-refractivity contribution is 5.19. The van der Waals surface area contributed by atoms with E-state index >= 15 is 0 Å². The van der Waals surface area contributed by atoms with Crippen molar-refractivity contribution in [2.45, 2.75) is 38.9 Å². The van der Waals surface area contributed by atoms with E-state index in [1.165, 1.54) is 0 Å². The molecular formula is C14H20F2N2. The Morgan fingerprint density at radius 3 is 2.89 bits per heavy atom. The van der Waals surface area contributed by atoms with Crippen molar-refractivity contribution >= 4 is 0 Å². The van der Waals surface area contributed by atoms with Gasteiger partial charge in [-0.05, 0) is 19.4 Å². The lowest BCUT2D eigenvalue weighted by molar-refractivity contribution is 0.122. The molecule has 1 heterocycles. The highest BCUT2D eigenvalue weighted by Crippen LogP contribution is 2.18. The molecule has 2 nitrogen and oxygen atoms in total. The summed E-state index contributed by atoms with van der Waals surface area (Å²) >= 11 is 0. The summed E-state index contributed by atoms with van der Waals surface area (Å²) in [7, 11) is 0. The zero-order valence-corrected chi connectivity index (χ0v) is 10.9. The molecular weight excluding hydrogens is 234 g/mol. The molecule has 1 fully saturated rings. The Hall–Kier alpha value is -1.00. The van der Waals surface area contributed by atoms with Gasteiger partial charge in [0, 0.05) is 37.3 Å². The standard InChI is InChI=1S/C14H20F2N2/c1-3-12-7-17-10(2)8-18(12)9-11-5-4-6-13(15)14(11)16/h4-6,10,12,17H,3,7-9H2,1-2H3. The molecule has 0 aromatic heterocycles. The third-order valence-corrected chi connectivity index (χ3v) is 3.60. The van der Waals surface area contributed by atoms with Crippen LogP contribution in [0.4, 0.5) is 8.78 Å². The minimum absolute atomic E-state index is 0.392. The van der Waals surface area contributed by atoms with E-state index in [9.17, 15) is 8.78 Å².